The first-order chi connectivity index (χ1) is 8.26. The minimum absolute atomic E-state index is 0. The number of benzene rings is 1. The first kappa shape index (κ1) is 15.3. The standard InChI is InChI=1S/C13H18F2N2.ClH/c14-6-11(7-15)17-8-12(13(16)9-17)10-4-2-1-3-5-10;/h1-5,11-13H,6-9,16H2;1H/t12-,13+;/m0./s1. The molecule has 0 saturated carbocycles. The molecule has 18 heavy (non-hydrogen) atoms. The van der Waals surface area contributed by atoms with E-state index in [0.717, 1.165) is 5.56 Å². The van der Waals surface area contributed by atoms with E-state index in [1.165, 1.54) is 0 Å². The van der Waals surface area contributed by atoms with E-state index in [-0.39, 0.29) is 24.4 Å². The number of hydrogen-bond acceptors (Lipinski definition) is 2. The van der Waals surface area contributed by atoms with Crippen LogP contribution >= 0.6 is 12.4 Å². The highest BCUT2D eigenvalue weighted by molar-refractivity contribution is 5.85. The van der Waals surface area contributed by atoms with Crippen LogP contribution in [0.15, 0.2) is 30.3 Å². The number of alkyl halides is 2. The van der Waals surface area contributed by atoms with Gasteiger partial charge in [0.1, 0.15) is 13.3 Å². The van der Waals surface area contributed by atoms with Crippen LogP contribution < -0.4 is 5.73 Å². The van der Waals surface area contributed by atoms with Gasteiger partial charge < -0.3 is 5.73 Å². The van der Waals surface area contributed by atoms with Crippen LogP contribution in [0.3, 0.4) is 0 Å². The number of nitrogens with zero attached hydrogens (tertiary/aromatic N) is 1. The molecular weight excluding hydrogens is 258 g/mol. The second kappa shape index (κ2) is 7.02. The summed E-state index contributed by atoms with van der Waals surface area (Å²) >= 11 is 0. The zero-order chi connectivity index (χ0) is 12.3. The summed E-state index contributed by atoms with van der Waals surface area (Å²) in [7, 11) is 0. The van der Waals surface area contributed by atoms with Crippen molar-refractivity contribution in [3.05, 3.63) is 35.9 Å². The maximum Gasteiger partial charge on any atom is 0.107 e. The fourth-order valence-electron chi connectivity index (χ4n) is 2.45. The van der Waals surface area contributed by atoms with Gasteiger partial charge in [-0.25, -0.2) is 8.78 Å². The van der Waals surface area contributed by atoms with Crippen LogP contribution in [0.4, 0.5) is 8.78 Å². The molecule has 102 valence electrons. The molecule has 2 N–H and O–H groups in total. The van der Waals surface area contributed by atoms with Crippen LogP contribution in [0.5, 0.6) is 0 Å². The molecule has 2 nitrogen and oxygen atoms in total. The minimum Gasteiger partial charge on any atom is -0.326 e. The number of rotatable bonds is 4. The number of halogens is 3. The highest BCUT2D eigenvalue weighted by Gasteiger charge is 2.34. The van der Waals surface area contributed by atoms with E-state index in [4.69, 9.17) is 5.73 Å². The molecule has 1 aliphatic heterocycles. The molecule has 0 aromatic heterocycles. The molecule has 5 heteroatoms. The monoisotopic (exact) mass is 276 g/mol. The molecule has 0 radical (unpaired) electrons. The van der Waals surface area contributed by atoms with E-state index in [0.29, 0.717) is 13.1 Å². The molecule has 1 fully saturated rings. The summed E-state index contributed by atoms with van der Waals surface area (Å²) in [5.74, 6) is 0.178. The maximum atomic E-state index is 12.6. The fraction of sp³-hybridized carbons (Fsp3) is 0.538. The average Bonchev–Trinajstić information content (AvgIpc) is 2.74. The Labute approximate surface area is 113 Å². The Hall–Kier alpha value is -0.710. The predicted molar refractivity (Wildman–Crippen MR) is 71.7 cm³/mol. The van der Waals surface area contributed by atoms with Crippen LogP contribution in [0.25, 0.3) is 0 Å². The lowest BCUT2D eigenvalue weighted by Crippen LogP contribution is -2.38. The molecule has 0 amide bonds. The van der Waals surface area contributed by atoms with Crippen molar-refractivity contribution >= 4 is 12.4 Å². The van der Waals surface area contributed by atoms with Gasteiger partial charge in [-0.05, 0) is 5.56 Å². The zero-order valence-corrected chi connectivity index (χ0v) is 11.0. The van der Waals surface area contributed by atoms with Gasteiger partial charge in [-0.15, -0.1) is 12.4 Å². The van der Waals surface area contributed by atoms with E-state index < -0.39 is 19.4 Å². The highest BCUT2D eigenvalue weighted by Crippen LogP contribution is 2.27. The SMILES string of the molecule is Cl.N[C@@H]1CN(C(CF)CF)C[C@H]1c1ccccc1. The lowest BCUT2D eigenvalue weighted by atomic mass is 9.95. The van der Waals surface area contributed by atoms with Gasteiger partial charge in [0.25, 0.3) is 0 Å². The third kappa shape index (κ3) is 3.19. The van der Waals surface area contributed by atoms with Crippen molar-refractivity contribution in [3.8, 4) is 0 Å². The molecule has 1 aliphatic rings. The van der Waals surface area contributed by atoms with Crippen LogP contribution in [0.2, 0.25) is 0 Å². The van der Waals surface area contributed by atoms with Gasteiger partial charge in [0, 0.05) is 25.0 Å². The molecular formula is C13H19ClF2N2. The van der Waals surface area contributed by atoms with E-state index >= 15 is 0 Å². The van der Waals surface area contributed by atoms with E-state index in [9.17, 15) is 8.78 Å². The molecule has 2 rings (SSSR count). The topological polar surface area (TPSA) is 29.3 Å². The molecule has 0 unspecified atom stereocenters. The van der Waals surface area contributed by atoms with Crippen molar-refractivity contribution in [2.24, 2.45) is 5.73 Å². The molecule has 1 aromatic rings. The summed E-state index contributed by atoms with van der Waals surface area (Å²) in [5, 5.41) is 0. The average molecular weight is 277 g/mol. The fourth-order valence-corrected chi connectivity index (χ4v) is 2.45. The lowest BCUT2D eigenvalue weighted by Gasteiger charge is -2.22. The first-order valence-corrected chi connectivity index (χ1v) is 5.92. The van der Waals surface area contributed by atoms with Crippen molar-refractivity contribution in [2.75, 3.05) is 26.4 Å². The van der Waals surface area contributed by atoms with E-state index in [1.54, 1.807) is 0 Å². The van der Waals surface area contributed by atoms with Gasteiger partial charge >= 0.3 is 0 Å². The summed E-state index contributed by atoms with van der Waals surface area (Å²) in [6.07, 6.45) is 0. The Bertz CT molecular complexity index is 346. The van der Waals surface area contributed by atoms with Crippen molar-refractivity contribution in [3.63, 3.8) is 0 Å². The number of nitrogens with two attached hydrogens (primary N) is 1. The molecule has 2 atom stereocenters. The Morgan fingerprint density at radius 2 is 1.78 bits per heavy atom. The number of hydrogen-bond donors (Lipinski definition) is 1. The summed E-state index contributed by atoms with van der Waals surface area (Å²) in [5.41, 5.74) is 7.21. The van der Waals surface area contributed by atoms with Crippen LogP contribution in [0, 0.1) is 0 Å². The first-order valence-electron chi connectivity index (χ1n) is 5.92. The highest BCUT2D eigenvalue weighted by atomic mass is 35.5. The molecule has 1 heterocycles. The van der Waals surface area contributed by atoms with Gasteiger partial charge in [-0.2, -0.15) is 0 Å². The van der Waals surface area contributed by atoms with Crippen molar-refractivity contribution in [1.82, 2.24) is 4.90 Å². The summed E-state index contributed by atoms with van der Waals surface area (Å²) < 4.78 is 25.3. The van der Waals surface area contributed by atoms with Crippen LogP contribution in [-0.2, 0) is 0 Å². The normalized spacial score (nSPS) is 24.2. The second-order valence-corrected chi connectivity index (χ2v) is 4.60. The quantitative estimate of drug-likeness (QED) is 0.913. The van der Waals surface area contributed by atoms with Gasteiger partial charge in [0.2, 0.25) is 0 Å². The molecule has 0 bridgehead atoms. The summed E-state index contributed by atoms with van der Waals surface area (Å²) in [6, 6.07) is 9.25. The Kier molecular flexibility index (Phi) is 5.99. The van der Waals surface area contributed by atoms with Gasteiger partial charge in [-0.1, -0.05) is 30.3 Å². The summed E-state index contributed by atoms with van der Waals surface area (Å²) in [4.78, 5) is 1.82. The number of likely N-dealkylation sites (tertiary alicyclic amines) is 1. The maximum absolute atomic E-state index is 12.6. The molecule has 0 aliphatic carbocycles. The Balaban J connectivity index is 0.00000162. The van der Waals surface area contributed by atoms with Crippen molar-refractivity contribution in [1.29, 1.82) is 0 Å². The minimum atomic E-state index is -0.648. The van der Waals surface area contributed by atoms with E-state index in [2.05, 4.69) is 0 Å². The predicted octanol–water partition coefficient (Wildman–Crippen LogP) is 2.14. The largest absolute Gasteiger partial charge is 0.326 e. The molecule has 1 saturated heterocycles. The molecule has 1 aromatic carbocycles. The van der Waals surface area contributed by atoms with Gasteiger partial charge in [-0.3, -0.25) is 4.90 Å². The second-order valence-electron chi connectivity index (χ2n) is 4.60. The van der Waals surface area contributed by atoms with Gasteiger partial charge in [0.05, 0.1) is 6.04 Å². The zero-order valence-electron chi connectivity index (χ0n) is 10.1. The third-order valence-electron chi connectivity index (χ3n) is 3.49. The Morgan fingerprint density at radius 3 is 2.33 bits per heavy atom. The van der Waals surface area contributed by atoms with Crippen LogP contribution in [0.1, 0.15) is 11.5 Å². The Morgan fingerprint density at radius 1 is 1.17 bits per heavy atom. The van der Waals surface area contributed by atoms with E-state index in [1.807, 2.05) is 35.2 Å². The summed E-state index contributed by atoms with van der Waals surface area (Å²) in [6.45, 7) is -0.0861. The smallest absolute Gasteiger partial charge is 0.107 e. The van der Waals surface area contributed by atoms with Crippen LogP contribution in [-0.4, -0.2) is 43.4 Å². The lowest BCUT2D eigenvalue weighted by molar-refractivity contribution is 0.164. The molecule has 0 spiro atoms. The van der Waals surface area contributed by atoms with Crippen molar-refractivity contribution in [2.45, 2.75) is 18.0 Å². The van der Waals surface area contributed by atoms with Gasteiger partial charge in [0.15, 0.2) is 0 Å². The van der Waals surface area contributed by atoms with Crippen molar-refractivity contribution < 1.29 is 8.78 Å². The third-order valence-corrected chi connectivity index (χ3v) is 3.49.